The number of hydrogen-bond acceptors (Lipinski definition) is 4. The average Bonchev–Trinajstić information content (AvgIpc) is 2.83. The number of nitrogens with one attached hydrogen (secondary N) is 1. The second-order valence-electron chi connectivity index (χ2n) is 5.91. The van der Waals surface area contributed by atoms with Gasteiger partial charge >= 0.3 is 5.97 Å². The molecule has 0 aliphatic carbocycles. The van der Waals surface area contributed by atoms with E-state index in [9.17, 15) is 12.9 Å². The summed E-state index contributed by atoms with van der Waals surface area (Å²) in [6.07, 6.45) is 4.42. The zero-order valence-electron chi connectivity index (χ0n) is 14.1. The van der Waals surface area contributed by atoms with E-state index in [1.165, 1.54) is 5.41 Å². The maximum atomic E-state index is 12.0. The van der Waals surface area contributed by atoms with Gasteiger partial charge in [0.1, 0.15) is 0 Å². The molecule has 0 spiro atoms. The van der Waals surface area contributed by atoms with Gasteiger partial charge in [0.05, 0.1) is 46.4 Å². The molecule has 1 saturated heterocycles. The van der Waals surface area contributed by atoms with Gasteiger partial charge in [0, 0.05) is 9.89 Å². The molecule has 1 heterocycles. The molecule has 23 heavy (non-hydrogen) atoms. The average molecular weight is 430 g/mol. The molecule has 8 heteroatoms. The summed E-state index contributed by atoms with van der Waals surface area (Å²) in [6.45, 7) is 9.81. The number of cyclic esters (lactones) is 1. The van der Waals surface area contributed by atoms with Crippen LogP contribution in [-0.4, -0.2) is 27.6 Å². The van der Waals surface area contributed by atoms with Gasteiger partial charge in [-0.15, -0.1) is 0 Å². The number of esters is 1. The van der Waals surface area contributed by atoms with Gasteiger partial charge in [0.25, 0.3) is 0 Å². The van der Waals surface area contributed by atoms with Gasteiger partial charge in [0.2, 0.25) is 0 Å². The van der Waals surface area contributed by atoms with Crippen LogP contribution in [0.15, 0.2) is 22.0 Å². The molecule has 134 valence electrons. The van der Waals surface area contributed by atoms with E-state index >= 15 is 0 Å². The lowest BCUT2D eigenvalue weighted by molar-refractivity contribution is -0.141. The van der Waals surface area contributed by atoms with Crippen LogP contribution in [0.2, 0.25) is 0 Å². The van der Waals surface area contributed by atoms with Crippen molar-refractivity contribution in [2.45, 2.75) is 51.8 Å². The fourth-order valence-corrected chi connectivity index (χ4v) is 2.84. The molecule has 1 N–H and O–H groups in total. The summed E-state index contributed by atoms with van der Waals surface area (Å²) in [7, 11) is -1.19. The first-order chi connectivity index (χ1) is 10.6. The summed E-state index contributed by atoms with van der Waals surface area (Å²) in [4.78, 5) is 11.5. The number of allylic oxidation sites excluding steroid dienone is 2. The van der Waals surface area contributed by atoms with E-state index in [0.29, 0.717) is 13.0 Å². The Kier molecular flexibility index (Phi) is 11.3. The van der Waals surface area contributed by atoms with Gasteiger partial charge in [-0.05, 0) is 41.0 Å². The van der Waals surface area contributed by atoms with Crippen molar-refractivity contribution in [3.63, 3.8) is 0 Å². The highest BCUT2D eigenvalue weighted by Crippen LogP contribution is 2.21. The van der Waals surface area contributed by atoms with Gasteiger partial charge in [0.15, 0.2) is 0 Å². The fraction of sp³-hybridized carbons (Fsp3) is 0.667. The summed E-state index contributed by atoms with van der Waals surface area (Å²) >= 11 is 3.24. The van der Waals surface area contributed by atoms with Crippen molar-refractivity contribution >= 4 is 45.0 Å². The van der Waals surface area contributed by atoms with Crippen molar-refractivity contribution in [1.29, 1.82) is 0 Å². The number of hydrogen-bond donors (Lipinski definition) is 1. The first-order valence-corrected chi connectivity index (χ1v) is 9.93. The van der Waals surface area contributed by atoms with Gasteiger partial charge in [-0.3, -0.25) is 4.79 Å². The van der Waals surface area contributed by atoms with Gasteiger partial charge in [-0.1, -0.05) is 28.1 Å². The van der Waals surface area contributed by atoms with Crippen LogP contribution in [0.4, 0.5) is 3.89 Å². The van der Waals surface area contributed by atoms with Crippen molar-refractivity contribution in [2.24, 2.45) is 5.92 Å². The third kappa shape index (κ3) is 9.64. The van der Waals surface area contributed by atoms with E-state index in [4.69, 9.17) is 4.74 Å². The van der Waals surface area contributed by atoms with Crippen molar-refractivity contribution < 1.29 is 17.6 Å². The monoisotopic (exact) mass is 429 g/mol. The molecule has 4 nitrogen and oxygen atoms in total. The summed E-state index contributed by atoms with van der Waals surface area (Å²) in [5.74, 6) is -0.427. The van der Waals surface area contributed by atoms with E-state index in [-0.39, 0.29) is 34.8 Å². The summed E-state index contributed by atoms with van der Waals surface area (Å²) in [6, 6.07) is -0.213. The Hall–Kier alpha value is -0.180. The maximum absolute atomic E-state index is 12.0. The molecular weight excluding hydrogens is 405 g/mol. The Balaban J connectivity index is 0.000000688. The van der Waals surface area contributed by atoms with Crippen LogP contribution in [0.25, 0.3) is 0 Å². The summed E-state index contributed by atoms with van der Waals surface area (Å²) < 4.78 is 31.5. The molecule has 3 unspecified atom stereocenters. The largest absolute Gasteiger partial charge is 0.465 e. The SMILES string of the molecule is C/C(Br)=C\SF.C/C=C/C(NS(=O)C(C)(C)C)C1CCOC1=O. The van der Waals surface area contributed by atoms with E-state index in [1.807, 2.05) is 39.8 Å². The van der Waals surface area contributed by atoms with E-state index < -0.39 is 11.0 Å². The van der Waals surface area contributed by atoms with Gasteiger partial charge < -0.3 is 4.74 Å². The van der Waals surface area contributed by atoms with Crippen molar-refractivity contribution in [2.75, 3.05) is 6.61 Å². The second kappa shape index (κ2) is 11.4. The molecule has 0 bridgehead atoms. The third-order valence-electron chi connectivity index (χ3n) is 2.82. The second-order valence-corrected chi connectivity index (χ2v) is 9.57. The van der Waals surface area contributed by atoms with E-state index in [2.05, 4.69) is 20.7 Å². The topological polar surface area (TPSA) is 55.4 Å². The lowest BCUT2D eigenvalue weighted by Crippen LogP contribution is -2.43. The number of carbonyl (C=O) groups is 1. The first kappa shape index (κ1) is 22.8. The molecule has 0 saturated carbocycles. The Labute approximate surface area is 153 Å². The fourth-order valence-electron chi connectivity index (χ4n) is 1.66. The third-order valence-corrected chi connectivity index (χ3v) is 5.39. The molecule has 0 aromatic heterocycles. The van der Waals surface area contributed by atoms with Crippen molar-refractivity contribution in [3.8, 4) is 0 Å². The number of ether oxygens (including phenoxy) is 1. The molecule has 0 aromatic carbocycles. The first-order valence-electron chi connectivity index (χ1n) is 7.20. The predicted molar refractivity (Wildman–Crippen MR) is 100 cm³/mol. The van der Waals surface area contributed by atoms with Crippen LogP contribution in [0, 0.1) is 5.92 Å². The highest BCUT2D eigenvalue weighted by Gasteiger charge is 2.35. The predicted octanol–water partition coefficient (Wildman–Crippen LogP) is 4.41. The maximum Gasteiger partial charge on any atom is 0.311 e. The van der Waals surface area contributed by atoms with Crippen LogP contribution in [-0.2, 0) is 20.5 Å². The number of rotatable bonds is 5. The van der Waals surface area contributed by atoms with E-state index in [1.54, 1.807) is 6.92 Å². The molecule has 1 aliphatic heterocycles. The van der Waals surface area contributed by atoms with E-state index in [0.717, 1.165) is 4.48 Å². The minimum atomic E-state index is -1.19. The standard InChI is InChI=1S/C12H21NO3S.C3H4BrFS/c1-5-6-10(9-7-8-16-11(9)14)13-17(15)12(2,3)4;1-3(4)2-6-5/h5-6,9-10,13H,7-8H2,1-4H3;2H,1H3/b6-5+;3-2+. The molecule has 0 radical (unpaired) electrons. The Morgan fingerprint density at radius 2 is 2.17 bits per heavy atom. The van der Waals surface area contributed by atoms with Crippen LogP contribution in [0.1, 0.15) is 41.0 Å². The van der Waals surface area contributed by atoms with Gasteiger partial charge in [-0.2, -0.15) is 3.89 Å². The van der Waals surface area contributed by atoms with Crippen LogP contribution >= 0.6 is 28.1 Å². The molecule has 1 fully saturated rings. The van der Waals surface area contributed by atoms with Crippen LogP contribution in [0.3, 0.4) is 0 Å². The molecule has 0 amide bonds. The normalized spacial score (nSPS) is 21.6. The Morgan fingerprint density at radius 3 is 2.48 bits per heavy atom. The molecule has 1 aliphatic rings. The lowest BCUT2D eigenvalue weighted by atomic mass is 9.99. The molecular formula is C15H25BrFNO3S2. The molecule has 0 aromatic rings. The number of halogens is 2. The molecule has 1 rings (SSSR count). The summed E-state index contributed by atoms with van der Waals surface area (Å²) in [5.41, 5.74) is 0. The van der Waals surface area contributed by atoms with Crippen molar-refractivity contribution in [3.05, 3.63) is 22.0 Å². The molecule has 3 atom stereocenters. The minimum Gasteiger partial charge on any atom is -0.465 e. The smallest absolute Gasteiger partial charge is 0.311 e. The summed E-state index contributed by atoms with van der Waals surface area (Å²) in [5, 5.41) is 1.38. The minimum absolute atomic E-state index is 0.201. The van der Waals surface area contributed by atoms with Crippen molar-refractivity contribution in [1.82, 2.24) is 4.72 Å². The highest BCUT2D eigenvalue weighted by atomic mass is 79.9. The quantitative estimate of drug-likeness (QED) is 0.519. The zero-order valence-corrected chi connectivity index (χ0v) is 17.3. The Bertz CT molecular complexity index is 460. The highest BCUT2D eigenvalue weighted by molar-refractivity contribution is 9.11. The van der Waals surface area contributed by atoms with Gasteiger partial charge in [-0.25, -0.2) is 8.93 Å². The zero-order chi connectivity index (χ0) is 18.0. The number of carbonyl (C=O) groups excluding carboxylic acids is 1. The van der Waals surface area contributed by atoms with Crippen LogP contribution < -0.4 is 4.72 Å². The van der Waals surface area contributed by atoms with Crippen LogP contribution in [0.5, 0.6) is 0 Å². The Morgan fingerprint density at radius 1 is 1.57 bits per heavy atom. The lowest BCUT2D eigenvalue weighted by Gasteiger charge is -2.24.